The number of nitrogens with one attached hydrogen (secondary N) is 1. The van der Waals surface area contributed by atoms with Crippen LogP contribution in [0.25, 0.3) is 11.4 Å². The van der Waals surface area contributed by atoms with Crippen molar-refractivity contribution in [3.63, 3.8) is 0 Å². The van der Waals surface area contributed by atoms with Crippen molar-refractivity contribution in [2.75, 3.05) is 5.32 Å². The molecule has 1 heterocycles. The van der Waals surface area contributed by atoms with Crippen LogP contribution in [0.5, 0.6) is 0 Å². The topological polar surface area (TPSA) is 80.9 Å². The van der Waals surface area contributed by atoms with Crippen LogP contribution in [0, 0.1) is 0 Å². The largest absolute Gasteiger partial charge is 0.322 e. The van der Waals surface area contributed by atoms with Crippen molar-refractivity contribution in [1.82, 2.24) is 9.97 Å². The molecule has 108 valence electrons. The Morgan fingerprint density at radius 1 is 1.10 bits per heavy atom. The summed E-state index contributed by atoms with van der Waals surface area (Å²) in [7, 11) is 0. The maximum absolute atomic E-state index is 12.2. The molecule has 0 radical (unpaired) electrons. The number of rotatable bonds is 3. The summed E-state index contributed by atoms with van der Waals surface area (Å²) in [6.07, 6.45) is 6.72. The number of benzene rings is 1. The average molecular weight is 282 g/mol. The van der Waals surface area contributed by atoms with Gasteiger partial charge in [0.1, 0.15) is 0 Å². The Hall–Kier alpha value is -2.27. The lowest BCUT2D eigenvalue weighted by molar-refractivity contribution is -0.121. The molecule has 3 rings (SSSR count). The first-order valence-corrected chi connectivity index (χ1v) is 7.15. The van der Waals surface area contributed by atoms with Gasteiger partial charge in [-0.05, 0) is 12.8 Å². The van der Waals surface area contributed by atoms with Crippen molar-refractivity contribution < 1.29 is 4.79 Å². The summed E-state index contributed by atoms with van der Waals surface area (Å²) in [6, 6.07) is 9.71. The van der Waals surface area contributed by atoms with Gasteiger partial charge in [0, 0.05) is 5.56 Å². The van der Waals surface area contributed by atoms with Gasteiger partial charge in [-0.25, -0.2) is 9.97 Å². The van der Waals surface area contributed by atoms with Gasteiger partial charge in [0.2, 0.25) is 5.91 Å². The second kappa shape index (κ2) is 5.61. The molecule has 5 nitrogen and oxygen atoms in total. The van der Waals surface area contributed by atoms with Crippen molar-refractivity contribution in [2.24, 2.45) is 5.73 Å². The summed E-state index contributed by atoms with van der Waals surface area (Å²) in [4.78, 5) is 20.8. The predicted molar refractivity (Wildman–Crippen MR) is 81.5 cm³/mol. The van der Waals surface area contributed by atoms with E-state index in [-0.39, 0.29) is 5.91 Å². The minimum atomic E-state index is -0.738. The van der Waals surface area contributed by atoms with Gasteiger partial charge in [-0.15, -0.1) is 0 Å². The van der Waals surface area contributed by atoms with Crippen molar-refractivity contribution in [3.05, 3.63) is 42.7 Å². The minimum Gasteiger partial charge on any atom is -0.322 e. The van der Waals surface area contributed by atoms with E-state index in [1.807, 2.05) is 30.3 Å². The van der Waals surface area contributed by atoms with Crippen LogP contribution in [0.4, 0.5) is 5.69 Å². The van der Waals surface area contributed by atoms with Crippen LogP contribution < -0.4 is 11.1 Å². The molecule has 1 aromatic carbocycles. The van der Waals surface area contributed by atoms with Gasteiger partial charge in [0.05, 0.1) is 23.6 Å². The molecule has 1 saturated carbocycles. The molecule has 0 atom stereocenters. The average Bonchev–Trinajstić information content (AvgIpc) is 2.97. The molecule has 0 saturated heterocycles. The zero-order chi connectivity index (χ0) is 14.7. The Labute approximate surface area is 123 Å². The molecular formula is C16H18N4O. The SMILES string of the molecule is NC1(C(=O)Nc2cnc(-c3ccccc3)nc2)CCCC1. The van der Waals surface area contributed by atoms with Gasteiger partial charge < -0.3 is 11.1 Å². The summed E-state index contributed by atoms with van der Waals surface area (Å²) in [6.45, 7) is 0. The third-order valence-corrected chi connectivity index (χ3v) is 3.89. The highest BCUT2D eigenvalue weighted by molar-refractivity contribution is 5.97. The number of carbonyl (C=O) groups excluding carboxylic acids is 1. The molecule has 0 unspecified atom stereocenters. The predicted octanol–water partition coefficient (Wildman–Crippen LogP) is 2.35. The molecule has 5 heteroatoms. The molecule has 1 aromatic heterocycles. The fourth-order valence-corrected chi connectivity index (χ4v) is 2.62. The van der Waals surface area contributed by atoms with E-state index in [0.717, 1.165) is 31.2 Å². The van der Waals surface area contributed by atoms with Crippen molar-refractivity contribution in [2.45, 2.75) is 31.2 Å². The second-order valence-electron chi connectivity index (χ2n) is 5.48. The molecule has 1 fully saturated rings. The minimum absolute atomic E-state index is 0.143. The summed E-state index contributed by atoms with van der Waals surface area (Å²) in [5.74, 6) is 0.494. The molecule has 1 aliphatic rings. The van der Waals surface area contributed by atoms with Crippen molar-refractivity contribution >= 4 is 11.6 Å². The van der Waals surface area contributed by atoms with Crippen LogP contribution in [0.15, 0.2) is 42.7 Å². The fraction of sp³-hybridized carbons (Fsp3) is 0.312. The number of hydrogen-bond acceptors (Lipinski definition) is 4. The van der Waals surface area contributed by atoms with Gasteiger partial charge >= 0.3 is 0 Å². The second-order valence-corrected chi connectivity index (χ2v) is 5.48. The van der Waals surface area contributed by atoms with Gasteiger partial charge in [0.25, 0.3) is 0 Å². The van der Waals surface area contributed by atoms with Crippen LogP contribution in [0.2, 0.25) is 0 Å². The molecule has 0 bridgehead atoms. The van der Waals surface area contributed by atoms with Crippen LogP contribution >= 0.6 is 0 Å². The molecule has 1 aliphatic carbocycles. The Morgan fingerprint density at radius 2 is 1.71 bits per heavy atom. The smallest absolute Gasteiger partial charge is 0.244 e. The van der Waals surface area contributed by atoms with E-state index in [9.17, 15) is 4.79 Å². The number of nitrogens with two attached hydrogens (primary N) is 1. The Balaban J connectivity index is 1.72. The molecule has 3 N–H and O–H groups in total. The van der Waals surface area contributed by atoms with Crippen LogP contribution in [0.1, 0.15) is 25.7 Å². The van der Waals surface area contributed by atoms with Gasteiger partial charge in [0.15, 0.2) is 5.82 Å². The zero-order valence-corrected chi connectivity index (χ0v) is 11.7. The van der Waals surface area contributed by atoms with Crippen molar-refractivity contribution in [1.29, 1.82) is 0 Å². The van der Waals surface area contributed by atoms with Crippen LogP contribution in [-0.2, 0) is 4.79 Å². The molecule has 1 amide bonds. The van der Waals surface area contributed by atoms with E-state index in [4.69, 9.17) is 5.73 Å². The number of amides is 1. The molecule has 21 heavy (non-hydrogen) atoms. The first-order valence-electron chi connectivity index (χ1n) is 7.15. The lowest BCUT2D eigenvalue weighted by atomic mass is 9.98. The summed E-state index contributed by atoms with van der Waals surface area (Å²) in [5.41, 5.74) is 6.91. The molecular weight excluding hydrogens is 264 g/mol. The lowest BCUT2D eigenvalue weighted by Gasteiger charge is -2.21. The molecule has 2 aromatic rings. The highest BCUT2D eigenvalue weighted by atomic mass is 16.2. The summed E-state index contributed by atoms with van der Waals surface area (Å²) < 4.78 is 0. The summed E-state index contributed by atoms with van der Waals surface area (Å²) >= 11 is 0. The third-order valence-electron chi connectivity index (χ3n) is 3.89. The van der Waals surface area contributed by atoms with Crippen LogP contribution in [0.3, 0.4) is 0 Å². The first-order chi connectivity index (χ1) is 10.2. The quantitative estimate of drug-likeness (QED) is 0.905. The Morgan fingerprint density at radius 3 is 2.33 bits per heavy atom. The third kappa shape index (κ3) is 2.92. The van der Waals surface area contributed by atoms with Gasteiger partial charge in [-0.2, -0.15) is 0 Å². The number of aromatic nitrogens is 2. The van der Waals surface area contributed by atoms with E-state index >= 15 is 0 Å². The van der Waals surface area contributed by atoms with E-state index in [1.165, 1.54) is 0 Å². The Bertz CT molecular complexity index is 618. The maximum Gasteiger partial charge on any atom is 0.244 e. The van der Waals surface area contributed by atoms with Gasteiger partial charge in [-0.1, -0.05) is 43.2 Å². The zero-order valence-electron chi connectivity index (χ0n) is 11.7. The Kier molecular flexibility index (Phi) is 3.66. The lowest BCUT2D eigenvalue weighted by Crippen LogP contribution is -2.48. The van der Waals surface area contributed by atoms with Crippen molar-refractivity contribution in [3.8, 4) is 11.4 Å². The first kappa shape index (κ1) is 13.7. The fourth-order valence-electron chi connectivity index (χ4n) is 2.62. The highest BCUT2D eigenvalue weighted by Crippen LogP contribution is 2.28. The van der Waals surface area contributed by atoms with E-state index in [1.54, 1.807) is 12.4 Å². The van der Waals surface area contributed by atoms with E-state index in [2.05, 4.69) is 15.3 Å². The summed E-state index contributed by atoms with van der Waals surface area (Å²) in [5, 5.41) is 2.81. The van der Waals surface area contributed by atoms with Crippen LogP contribution in [-0.4, -0.2) is 21.4 Å². The normalized spacial score (nSPS) is 16.6. The number of carbonyl (C=O) groups is 1. The molecule has 0 spiro atoms. The monoisotopic (exact) mass is 282 g/mol. The molecule has 0 aliphatic heterocycles. The standard InChI is InChI=1S/C16H18N4O/c17-16(8-4-5-9-16)15(21)20-13-10-18-14(19-11-13)12-6-2-1-3-7-12/h1-3,6-7,10-11H,4-5,8-9,17H2,(H,20,21). The maximum atomic E-state index is 12.2. The number of hydrogen-bond donors (Lipinski definition) is 2. The van der Waals surface area contributed by atoms with E-state index < -0.39 is 5.54 Å². The van der Waals surface area contributed by atoms with Gasteiger partial charge in [-0.3, -0.25) is 4.79 Å². The van der Waals surface area contributed by atoms with E-state index in [0.29, 0.717) is 11.5 Å². The highest BCUT2D eigenvalue weighted by Gasteiger charge is 2.37. The number of nitrogens with zero attached hydrogens (tertiary/aromatic N) is 2. The number of anilines is 1.